The first-order valence-electron chi connectivity index (χ1n) is 11.9. The molecule has 2 aromatic rings. The van der Waals surface area contributed by atoms with E-state index >= 15 is 0 Å². The Balaban J connectivity index is 2.49. The molecule has 2 rings (SSSR count). The van der Waals surface area contributed by atoms with Gasteiger partial charge in [-0.3, -0.25) is 9.59 Å². The molecule has 0 aliphatic heterocycles. The minimum atomic E-state index is -3.99. The van der Waals surface area contributed by atoms with E-state index in [4.69, 9.17) is 0 Å². The molecule has 0 aliphatic rings. The highest BCUT2D eigenvalue weighted by molar-refractivity contribution is 9.10. The van der Waals surface area contributed by atoms with Crippen molar-refractivity contribution < 1.29 is 18.0 Å². The van der Waals surface area contributed by atoms with Crippen molar-refractivity contribution >= 4 is 43.6 Å². The van der Waals surface area contributed by atoms with Gasteiger partial charge in [0.15, 0.2) is 0 Å². The molecule has 0 spiro atoms. The third-order valence-electron chi connectivity index (χ3n) is 6.09. The van der Waals surface area contributed by atoms with Crippen LogP contribution in [0.5, 0.6) is 0 Å². The second-order valence-electron chi connectivity index (χ2n) is 9.23. The third kappa shape index (κ3) is 7.54. The zero-order valence-corrected chi connectivity index (χ0v) is 24.5. The van der Waals surface area contributed by atoms with Crippen molar-refractivity contribution in [2.24, 2.45) is 0 Å². The lowest BCUT2D eigenvalue weighted by Gasteiger charge is -2.33. The van der Waals surface area contributed by atoms with Gasteiger partial charge in [0.05, 0.1) is 5.69 Å². The summed E-state index contributed by atoms with van der Waals surface area (Å²) in [5.74, 6) is -0.764. The van der Waals surface area contributed by atoms with Crippen LogP contribution in [0, 0.1) is 13.8 Å². The molecule has 2 atom stereocenters. The van der Waals surface area contributed by atoms with E-state index in [0.717, 1.165) is 36.2 Å². The number of amides is 2. The Morgan fingerprint density at radius 3 is 2.19 bits per heavy atom. The van der Waals surface area contributed by atoms with Crippen LogP contribution in [-0.2, 0) is 26.3 Å². The van der Waals surface area contributed by atoms with E-state index < -0.39 is 28.7 Å². The summed E-state index contributed by atoms with van der Waals surface area (Å²) in [7, 11) is -1.13. The van der Waals surface area contributed by atoms with Crippen LogP contribution in [0.4, 0.5) is 5.69 Å². The summed E-state index contributed by atoms with van der Waals surface area (Å²) >= 11 is 3.41. The number of benzene rings is 2. The van der Waals surface area contributed by atoms with E-state index in [1.807, 2.05) is 57.2 Å². The highest BCUT2D eigenvalue weighted by Gasteiger charge is 2.33. The Morgan fingerprint density at radius 2 is 1.64 bits per heavy atom. The maximum atomic E-state index is 13.8. The van der Waals surface area contributed by atoms with E-state index in [2.05, 4.69) is 21.2 Å². The number of nitrogens with one attached hydrogen (secondary N) is 1. The predicted molar refractivity (Wildman–Crippen MR) is 148 cm³/mol. The Morgan fingerprint density at radius 1 is 1.03 bits per heavy atom. The molecule has 0 radical (unpaired) electrons. The van der Waals surface area contributed by atoms with Gasteiger partial charge in [0.25, 0.3) is 0 Å². The molecule has 2 aromatic carbocycles. The first kappa shape index (κ1) is 29.8. The lowest BCUT2D eigenvalue weighted by Crippen LogP contribution is -2.53. The minimum absolute atomic E-state index is 0.0508. The minimum Gasteiger partial charge on any atom is -0.352 e. The average molecular weight is 582 g/mol. The predicted octanol–water partition coefficient (Wildman–Crippen LogP) is 4.01. The van der Waals surface area contributed by atoms with Gasteiger partial charge in [-0.15, -0.1) is 0 Å². The zero-order valence-electron chi connectivity index (χ0n) is 22.1. The molecule has 0 fully saturated rings. The summed E-state index contributed by atoms with van der Waals surface area (Å²) < 4.78 is 29.8. The number of halogens is 1. The number of carbonyl (C=O) groups is 2. The van der Waals surface area contributed by atoms with Crippen molar-refractivity contribution in [3.05, 3.63) is 63.6 Å². The fourth-order valence-electron chi connectivity index (χ4n) is 3.52. The molecule has 0 heterocycles. The van der Waals surface area contributed by atoms with Crippen LogP contribution in [0.25, 0.3) is 0 Å². The monoisotopic (exact) mass is 580 g/mol. The summed E-state index contributed by atoms with van der Waals surface area (Å²) in [6.07, 6.45) is 0.751. The topological polar surface area (TPSA) is 90.0 Å². The highest BCUT2D eigenvalue weighted by atomic mass is 79.9. The quantitative estimate of drug-likeness (QED) is 0.435. The second kappa shape index (κ2) is 12.7. The Labute approximate surface area is 224 Å². The number of aryl methyl sites for hydroxylation is 2. The fraction of sp³-hybridized carbons (Fsp3) is 0.462. The molecular weight excluding hydrogens is 544 g/mol. The Kier molecular flexibility index (Phi) is 10.5. The van der Waals surface area contributed by atoms with Crippen LogP contribution in [0.15, 0.2) is 46.9 Å². The largest absolute Gasteiger partial charge is 0.352 e. The molecule has 0 unspecified atom stereocenters. The van der Waals surface area contributed by atoms with Gasteiger partial charge in [-0.2, -0.15) is 12.7 Å². The summed E-state index contributed by atoms with van der Waals surface area (Å²) in [6.45, 7) is 8.92. The molecule has 0 saturated heterocycles. The van der Waals surface area contributed by atoms with E-state index in [0.29, 0.717) is 5.69 Å². The summed E-state index contributed by atoms with van der Waals surface area (Å²) in [6, 6.07) is 12.1. The maximum Gasteiger partial charge on any atom is 0.304 e. The average Bonchev–Trinajstić information content (AvgIpc) is 2.82. The van der Waals surface area contributed by atoms with Gasteiger partial charge in [0, 0.05) is 31.2 Å². The first-order valence-corrected chi connectivity index (χ1v) is 14.1. The van der Waals surface area contributed by atoms with E-state index in [1.54, 1.807) is 19.9 Å². The highest BCUT2D eigenvalue weighted by Crippen LogP contribution is 2.26. The van der Waals surface area contributed by atoms with Crippen LogP contribution < -0.4 is 9.62 Å². The van der Waals surface area contributed by atoms with Gasteiger partial charge < -0.3 is 10.2 Å². The van der Waals surface area contributed by atoms with Crippen molar-refractivity contribution in [2.45, 2.75) is 59.7 Å². The van der Waals surface area contributed by atoms with Crippen molar-refractivity contribution in [3.63, 3.8) is 0 Å². The fourth-order valence-corrected chi connectivity index (χ4v) is 4.90. The number of hydrogen-bond acceptors (Lipinski definition) is 4. The SMILES string of the molecule is CC[C@@H](C)NC(=O)[C@@H](C)N(Cc1ccc(Br)cc1)C(=O)CN(c1cc(C)ccc1C)S(=O)(=O)N(C)C. The number of nitrogens with zero attached hydrogens (tertiary/aromatic N) is 3. The van der Waals surface area contributed by atoms with E-state index in [9.17, 15) is 18.0 Å². The summed E-state index contributed by atoms with van der Waals surface area (Å²) in [5, 5.41) is 2.93. The van der Waals surface area contributed by atoms with Gasteiger partial charge in [-0.25, -0.2) is 4.31 Å². The molecule has 10 heteroatoms. The standard InChI is InChI=1S/C26H37BrN4O4S/c1-8-20(4)28-26(33)21(5)30(16-22-11-13-23(27)14-12-22)25(32)17-31(36(34,35)29(6)7)24-15-18(2)9-10-19(24)3/h9-15,20-21H,8,16-17H2,1-7H3,(H,28,33)/t20-,21-/m1/s1. The Bertz CT molecular complexity index is 1170. The third-order valence-corrected chi connectivity index (χ3v) is 8.42. The van der Waals surface area contributed by atoms with Crippen molar-refractivity contribution in [1.29, 1.82) is 0 Å². The van der Waals surface area contributed by atoms with Crippen molar-refractivity contribution in [1.82, 2.24) is 14.5 Å². The second-order valence-corrected chi connectivity index (χ2v) is 12.2. The van der Waals surface area contributed by atoms with Crippen molar-refractivity contribution in [2.75, 3.05) is 24.9 Å². The molecule has 1 N–H and O–H groups in total. The number of anilines is 1. The lowest BCUT2D eigenvalue weighted by atomic mass is 10.1. The first-order chi connectivity index (χ1) is 16.8. The lowest BCUT2D eigenvalue weighted by molar-refractivity contribution is -0.139. The Hall–Kier alpha value is -2.43. The summed E-state index contributed by atoms with van der Waals surface area (Å²) in [4.78, 5) is 28.2. The van der Waals surface area contributed by atoms with Crippen LogP contribution in [0.3, 0.4) is 0 Å². The van der Waals surface area contributed by atoms with E-state index in [1.165, 1.54) is 19.0 Å². The summed E-state index contributed by atoms with van der Waals surface area (Å²) in [5.41, 5.74) is 2.84. The molecule has 0 saturated carbocycles. The molecular formula is C26H37BrN4O4S. The van der Waals surface area contributed by atoms with Gasteiger partial charge in [-0.1, -0.05) is 47.1 Å². The number of carbonyl (C=O) groups excluding carboxylic acids is 2. The normalized spacial score (nSPS) is 13.2. The van der Waals surface area contributed by atoms with Gasteiger partial charge in [0.1, 0.15) is 12.6 Å². The van der Waals surface area contributed by atoms with Crippen LogP contribution in [0.2, 0.25) is 0 Å². The molecule has 0 aliphatic carbocycles. The number of rotatable bonds is 11. The smallest absolute Gasteiger partial charge is 0.304 e. The zero-order chi connectivity index (χ0) is 27.2. The van der Waals surface area contributed by atoms with Crippen LogP contribution in [-0.4, -0.2) is 62.2 Å². The van der Waals surface area contributed by atoms with Gasteiger partial charge in [0.2, 0.25) is 11.8 Å². The molecule has 8 nitrogen and oxygen atoms in total. The molecule has 0 bridgehead atoms. The van der Waals surface area contributed by atoms with Gasteiger partial charge >= 0.3 is 10.2 Å². The molecule has 0 aromatic heterocycles. The molecule has 198 valence electrons. The van der Waals surface area contributed by atoms with Crippen LogP contribution in [0.1, 0.15) is 43.9 Å². The molecule has 2 amide bonds. The maximum absolute atomic E-state index is 13.8. The molecule has 36 heavy (non-hydrogen) atoms. The van der Waals surface area contributed by atoms with Gasteiger partial charge in [-0.05, 0) is 69.0 Å². The van der Waals surface area contributed by atoms with E-state index in [-0.39, 0.29) is 18.5 Å². The number of hydrogen-bond donors (Lipinski definition) is 1. The van der Waals surface area contributed by atoms with Crippen LogP contribution >= 0.6 is 15.9 Å². The van der Waals surface area contributed by atoms with Crippen molar-refractivity contribution in [3.8, 4) is 0 Å².